The standard InChI is InChI=1S/C24H36B3Cl3O6/c1-19(2)20(3,4)32-25(31-19)13-16(28)14(26-33-21(5,6)22(7,8)34-26)18(30)15(17(13)29)27-35-23(9,10)24(11,12)36-27/h1-12H3. The van der Waals surface area contributed by atoms with Crippen LogP contribution in [0.1, 0.15) is 83.1 Å². The normalized spacial score (nSPS) is 27.2. The van der Waals surface area contributed by atoms with Crippen molar-refractivity contribution in [1.82, 2.24) is 0 Å². The minimum absolute atomic E-state index is 0.266. The zero-order valence-corrected chi connectivity index (χ0v) is 25.6. The monoisotopic (exact) mass is 558 g/mol. The minimum Gasteiger partial charge on any atom is -0.399 e. The molecule has 0 N–H and O–H groups in total. The quantitative estimate of drug-likeness (QED) is 0.507. The number of rotatable bonds is 3. The summed E-state index contributed by atoms with van der Waals surface area (Å²) >= 11 is 21.2. The molecule has 0 spiro atoms. The van der Waals surface area contributed by atoms with E-state index in [0.717, 1.165) is 0 Å². The molecule has 4 rings (SSSR count). The lowest BCUT2D eigenvalue weighted by molar-refractivity contribution is 0.00578. The van der Waals surface area contributed by atoms with Gasteiger partial charge in [-0.3, -0.25) is 0 Å². The first-order chi connectivity index (χ1) is 16.1. The first kappa shape index (κ1) is 29.0. The molecule has 1 aromatic carbocycles. The lowest BCUT2D eigenvalue weighted by Gasteiger charge is -2.32. The maximum atomic E-state index is 7.07. The molecular formula is C24H36B3Cl3O6. The molecule has 3 fully saturated rings. The van der Waals surface area contributed by atoms with Crippen LogP contribution in [0.2, 0.25) is 15.1 Å². The van der Waals surface area contributed by atoms with Crippen LogP contribution in [0.15, 0.2) is 0 Å². The highest BCUT2D eigenvalue weighted by molar-refractivity contribution is 6.80. The van der Waals surface area contributed by atoms with E-state index in [-0.39, 0.29) is 15.1 Å². The van der Waals surface area contributed by atoms with E-state index in [2.05, 4.69) is 0 Å². The average Bonchev–Trinajstić information content (AvgIpc) is 3.09. The van der Waals surface area contributed by atoms with Gasteiger partial charge in [0.1, 0.15) is 0 Å². The molecule has 36 heavy (non-hydrogen) atoms. The highest BCUT2D eigenvalue weighted by atomic mass is 35.5. The van der Waals surface area contributed by atoms with Gasteiger partial charge in [-0.05, 0) is 83.1 Å². The summed E-state index contributed by atoms with van der Waals surface area (Å²) in [6.45, 7) is 23.6. The summed E-state index contributed by atoms with van der Waals surface area (Å²) in [4.78, 5) is 0. The third kappa shape index (κ3) is 4.29. The largest absolute Gasteiger partial charge is 0.497 e. The molecule has 0 amide bonds. The molecular weight excluding hydrogens is 523 g/mol. The van der Waals surface area contributed by atoms with E-state index in [1.165, 1.54) is 0 Å². The van der Waals surface area contributed by atoms with Gasteiger partial charge in [0.2, 0.25) is 0 Å². The summed E-state index contributed by atoms with van der Waals surface area (Å²) in [7, 11) is -2.56. The van der Waals surface area contributed by atoms with Crippen molar-refractivity contribution in [2.75, 3.05) is 0 Å². The molecule has 6 nitrogen and oxygen atoms in total. The Bertz CT molecular complexity index is 887. The Morgan fingerprint density at radius 3 is 0.639 bits per heavy atom. The predicted octanol–water partition coefficient (Wildman–Crippen LogP) is 4.54. The maximum Gasteiger partial charge on any atom is 0.497 e. The van der Waals surface area contributed by atoms with Gasteiger partial charge in [0.25, 0.3) is 0 Å². The Kier molecular flexibility index (Phi) is 6.87. The molecule has 0 unspecified atom stereocenters. The molecule has 198 valence electrons. The summed E-state index contributed by atoms with van der Waals surface area (Å²) in [6.07, 6.45) is 0. The average molecular weight is 559 g/mol. The topological polar surface area (TPSA) is 55.4 Å². The summed E-state index contributed by atoms with van der Waals surface area (Å²) in [5, 5.41) is 0.798. The van der Waals surface area contributed by atoms with Gasteiger partial charge in [-0.25, -0.2) is 0 Å². The van der Waals surface area contributed by atoms with E-state index in [1.807, 2.05) is 83.1 Å². The third-order valence-corrected chi connectivity index (χ3v) is 10.1. The van der Waals surface area contributed by atoms with Crippen LogP contribution in [-0.2, 0) is 27.9 Å². The summed E-state index contributed by atoms with van der Waals surface area (Å²) in [6, 6.07) is 0. The summed E-state index contributed by atoms with van der Waals surface area (Å²) in [5.74, 6) is 0. The molecule has 0 atom stereocenters. The fraction of sp³-hybridized carbons (Fsp3) is 0.750. The van der Waals surface area contributed by atoms with Crippen LogP contribution in [0.3, 0.4) is 0 Å². The van der Waals surface area contributed by atoms with Crippen molar-refractivity contribution in [1.29, 1.82) is 0 Å². The van der Waals surface area contributed by atoms with E-state index in [4.69, 9.17) is 62.7 Å². The van der Waals surface area contributed by atoms with Crippen LogP contribution in [0.5, 0.6) is 0 Å². The highest BCUT2D eigenvalue weighted by Crippen LogP contribution is 2.42. The van der Waals surface area contributed by atoms with E-state index < -0.39 is 55.0 Å². The molecule has 3 heterocycles. The van der Waals surface area contributed by atoms with Gasteiger partial charge in [0.15, 0.2) is 0 Å². The number of halogens is 3. The fourth-order valence-electron chi connectivity index (χ4n) is 4.23. The van der Waals surface area contributed by atoms with Gasteiger partial charge in [-0.1, -0.05) is 34.8 Å². The Hall–Kier alpha value is 0.0448. The predicted molar refractivity (Wildman–Crippen MR) is 149 cm³/mol. The zero-order valence-electron chi connectivity index (χ0n) is 23.3. The highest BCUT2D eigenvalue weighted by Gasteiger charge is 2.59. The van der Waals surface area contributed by atoms with Gasteiger partial charge in [-0.15, -0.1) is 0 Å². The van der Waals surface area contributed by atoms with Gasteiger partial charge < -0.3 is 27.9 Å². The van der Waals surface area contributed by atoms with Crippen molar-refractivity contribution >= 4 is 72.5 Å². The Morgan fingerprint density at radius 2 is 0.500 bits per heavy atom. The van der Waals surface area contributed by atoms with Crippen molar-refractivity contribution in [2.45, 2.75) is 117 Å². The second-order valence-electron chi connectivity index (χ2n) is 12.9. The summed E-state index contributed by atoms with van der Waals surface area (Å²) < 4.78 is 38.1. The van der Waals surface area contributed by atoms with E-state index in [1.54, 1.807) is 0 Å². The molecule has 3 aliphatic rings. The van der Waals surface area contributed by atoms with Crippen molar-refractivity contribution < 1.29 is 27.9 Å². The lowest BCUT2D eigenvalue weighted by Crippen LogP contribution is -2.51. The molecule has 3 saturated heterocycles. The third-order valence-electron chi connectivity index (χ3n) is 8.89. The number of hydrogen-bond acceptors (Lipinski definition) is 6. The van der Waals surface area contributed by atoms with Crippen molar-refractivity contribution in [3.8, 4) is 0 Å². The molecule has 1 aromatic rings. The van der Waals surface area contributed by atoms with Crippen molar-refractivity contribution in [3.05, 3.63) is 15.1 Å². The Morgan fingerprint density at radius 1 is 0.361 bits per heavy atom. The Balaban J connectivity index is 1.93. The maximum absolute atomic E-state index is 7.07. The molecule has 0 aromatic heterocycles. The van der Waals surface area contributed by atoms with E-state index >= 15 is 0 Å². The van der Waals surface area contributed by atoms with E-state index in [0.29, 0.717) is 16.4 Å². The van der Waals surface area contributed by atoms with E-state index in [9.17, 15) is 0 Å². The Labute approximate surface area is 231 Å². The van der Waals surface area contributed by atoms with Crippen LogP contribution >= 0.6 is 34.8 Å². The molecule has 0 aliphatic carbocycles. The van der Waals surface area contributed by atoms with Gasteiger partial charge in [0, 0.05) is 31.5 Å². The molecule has 0 bridgehead atoms. The van der Waals surface area contributed by atoms with Crippen molar-refractivity contribution in [3.63, 3.8) is 0 Å². The second kappa shape index (κ2) is 8.52. The summed E-state index contributed by atoms with van der Waals surface area (Å²) in [5.41, 5.74) is -2.35. The smallest absolute Gasteiger partial charge is 0.399 e. The molecule has 0 saturated carbocycles. The van der Waals surface area contributed by atoms with Gasteiger partial charge in [0.05, 0.1) is 33.6 Å². The van der Waals surface area contributed by atoms with Crippen LogP contribution in [0.25, 0.3) is 0 Å². The first-order valence-corrected chi connectivity index (χ1v) is 13.5. The minimum atomic E-state index is -0.852. The second-order valence-corrected chi connectivity index (χ2v) is 14.1. The zero-order chi connectivity index (χ0) is 27.4. The number of benzene rings is 1. The van der Waals surface area contributed by atoms with Crippen LogP contribution < -0.4 is 16.4 Å². The molecule has 12 heteroatoms. The molecule has 3 aliphatic heterocycles. The van der Waals surface area contributed by atoms with Gasteiger partial charge >= 0.3 is 21.4 Å². The molecule has 0 radical (unpaired) electrons. The fourth-order valence-corrected chi connectivity index (χ4v) is 5.47. The van der Waals surface area contributed by atoms with Crippen LogP contribution in [0, 0.1) is 0 Å². The first-order valence-electron chi connectivity index (χ1n) is 12.3. The SMILES string of the molecule is CC1(C)OB(c2c(Cl)c(B3OC(C)(C)C(C)(C)O3)c(Cl)c(B3OC(C)(C)C(C)(C)O3)c2Cl)OC1(C)C. The number of hydrogen-bond donors (Lipinski definition) is 0. The van der Waals surface area contributed by atoms with Crippen LogP contribution in [-0.4, -0.2) is 55.0 Å². The lowest BCUT2D eigenvalue weighted by atomic mass is 9.65. The van der Waals surface area contributed by atoms with Gasteiger partial charge in [-0.2, -0.15) is 0 Å². The van der Waals surface area contributed by atoms with Crippen molar-refractivity contribution in [2.24, 2.45) is 0 Å². The van der Waals surface area contributed by atoms with Crippen LogP contribution in [0.4, 0.5) is 0 Å².